The van der Waals surface area contributed by atoms with E-state index >= 15 is 0 Å². The number of halogens is 4. The summed E-state index contributed by atoms with van der Waals surface area (Å²) in [5.41, 5.74) is 0. The van der Waals surface area contributed by atoms with E-state index < -0.39 is 0 Å². The van der Waals surface area contributed by atoms with Gasteiger partial charge in [-0.15, -0.1) is 0 Å². The molecular formula is CH9F4Li. The number of rotatable bonds is 0. The first-order chi connectivity index (χ1) is 0. The average molecular weight is 104 g/mol. The van der Waals surface area contributed by atoms with E-state index in [2.05, 4.69) is 0 Å². The molecule has 0 aromatic carbocycles. The Balaban J connectivity index is 0. The SMILES string of the molecule is C.F.F.F.F.[LiH]. The van der Waals surface area contributed by atoms with E-state index in [0.717, 1.165) is 0 Å². The van der Waals surface area contributed by atoms with Gasteiger partial charge in [-0.2, -0.15) is 0 Å². The molecule has 0 heterocycles. The van der Waals surface area contributed by atoms with Crippen molar-refractivity contribution < 1.29 is 18.8 Å². The monoisotopic (exact) mass is 104 g/mol. The van der Waals surface area contributed by atoms with Crippen LogP contribution in [0.1, 0.15) is 7.43 Å². The zero-order chi connectivity index (χ0) is 0. The zero-order valence-electron chi connectivity index (χ0n) is 1.63. The second-order valence-corrected chi connectivity index (χ2v) is 0. The van der Waals surface area contributed by atoms with Crippen LogP contribution in [0.4, 0.5) is 18.8 Å². The Morgan fingerprint density at radius 2 is 0.500 bits per heavy atom. The molecule has 0 N–H and O–H groups in total. The fourth-order valence-corrected chi connectivity index (χ4v) is 0. The van der Waals surface area contributed by atoms with Crippen LogP contribution < -0.4 is 0 Å². The van der Waals surface area contributed by atoms with E-state index in [1.165, 1.54) is 0 Å². The van der Waals surface area contributed by atoms with Gasteiger partial charge in [-0.1, -0.05) is 7.43 Å². The molecule has 0 aliphatic carbocycles. The van der Waals surface area contributed by atoms with Crippen LogP contribution in [-0.2, 0) is 0 Å². The van der Waals surface area contributed by atoms with Crippen LogP contribution in [0.2, 0.25) is 0 Å². The molecule has 0 atom stereocenters. The summed E-state index contributed by atoms with van der Waals surface area (Å²) in [6.07, 6.45) is 0. The Hall–Kier alpha value is 0.317. The maximum absolute atomic E-state index is 0. The van der Waals surface area contributed by atoms with E-state index in [0.29, 0.717) is 0 Å². The van der Waals surface area contributed by atoms with Crippen molar-refractivity contribution in [3.63, 3.8) is 0 Å². The number of hydrogen-bond acceptors (Lipinski definition) is 0. The van der Waals surface area contributed by atoms with Crippen molar-refractivity contribution in [1.29, 1.82) is 0 Å². The van der Waals surface area contributed by atoms with Crippen molar-refractivity contribution in [2.45, 2.75) is 7.43 Å². The van der Waals surface area contributed by atoms with Crippen LogP contribution >= 0.6 is 0 Å². The topological polar surface area (TPSA) is 0 Å². The van der Waals surface area contributed by atoms with Gasteiger partial charge in [-0.25, -0.2) is 0 Å². The third-order valence-corrected chi connectivity index (χ3v) is 0. The van der Waals surface area contributed by atoms with Gasteiger partial charge in [0.25, 0.3) is 0 Å². The minimum atomic E-state index is 0. The van der Waals surface area contributed by atoms with E-state index in [9.17, 15) is 0 Å². The van der Waals surface area contributed by atoms with Gasteiger partial charge < -0.3 is 0 Å². The predicted octanol–water partition coefficient (Wildman–Crippen LogP) is 0.598. The predicted molar refractivity (Wildman–Crippen MR) is 23.9 cm³/mol. The molecule has 0 aliphatic heterocycles. The van der Waals surface area contributed by atoms with Crippen molar-refractivity contribution in [1.82, 2.24) is 0 Å². The third-order valence-electron chi connectivity index (χ3n) is 0. The molecule has 0 saturated carbocycles. The van der Waals surface area contributed by atoms with Crippen molar-refractivity contribution >= 4 is 18.9 Å². The van der Waals surface area contributed by atoms with Gasteiger partial charge in [-0.05, 0) is 0 Å². The van der Waals surface area contributed by atoms with Gasteiger partial charge in [0.1, 0.15) is 0 Å². The molecule has 5 heteroatoms. The molecule has 6 heavy (non-hydrogen) atoms. The first-order valence-electron chi connectivity index (χ1n) is 0. The Kier molecular flexibility index (Phi) is 291000. The fraction of sp³-hybridized carbons (Fsp3) is 1.00. The van der Waals surface area contributed by atoms with E-state index in [4.69, 9.17) is 0 Å². The van der Waals surface area contributed by atoms with Gasteiger partial charge in [0.2, 0.25) is 0 Å². The van der Waals surface area contributed by atoms with Gasteiger partial charge in [0.05, 0.1) is 0 Å². The normalized spacial score (nSPS) is 0. The molecule has 0 aliphatic rings. The minimum absolute atomic E-state index is 0. The molecule has 0 saturated heterocycles. The van der Waals surface area contributed by atoms with Crippen LogP contribution in [0, 0.1) is 0 Å². The Morgan fingerprint density at radius 1 is 0.500 bits per heavy atom. The molecule has 42 valence electrons. The summed E-state index contributed by atoms with van der Waals surface area (Å²) >= 11 is 0. The third kappa shape index (κ3) is 472. The van der Waals surface area contributed by atoms with Crippen molar-refractivity contribution in [2.24, 2.45) is 0 Å². The molecule has 0 nitrogen and oxygen atoms in total. The summed E-state index contributed by atoms with van der Waals surface area (Å²) < 4.78 is 0. The summed E-state index contributed by atoms with van der Waals surface area (Å²) in [7, 11) is 0. The van der Waals surface area contributed by atoms with Gasteiger partial charge in [0, 0.05) is 0 Å². The molecule has 0 radical (unpaired) electrons. The summed E-state index contributed by atoms with van der Waals surface area (Å²) in [6.45, 7) is 0. The van der Waals surface area contributed by atoms with Gasteiger partial charge in [-0.3, -0.25) is 18.8 Å². The standard InChI is InChI=1S/CH4.4FH.Li.H/h1H4;4*1H;;. The first-order valence-corrected chi connectivity index (χ1v) is 0. The summed E-state index contributed by atoms with van der Waals surface area (Å²) in [4.78, 5) is 0. The Morgan fingerprint density at radius 3 is 0.500 bits per heavy atom. The summed E-state index contributed by atoms with van der Waals surface area (Å²) in [6, 6.07) is 0. The fourth-order valence-electron chi connectivity index (χ4n) is 0. The van der Waals surface area contributed by atoms with Crippen molar-refractivity contribution in [3.05, 3.63) is 0 Å². The second kappa shape index (κ2) is 984. The Labute approximate surface area is 46.0 Å². The second-order valence-electron chi connectivity index (χ2n) is 0. The molecule has 0 unspecified atom stereocenters. The molecule has 0 spiro atoms. The van der Waals surface area contributed by atoms with Gasteiger partial charge in [0.15, 0.2) is 0 Å². The van der Waals surface area contributed by atoms with Crippen LogP contribution in [0.15, 0.2) is 0 Å². The molecule has 0 rings (SSSR count). The zero-order valence-corrected chi connectivity index (χ0v) is 1.63. The van der Waals surface area contributed by atoms with E-state index in [-0.39, 0.29) is 45.1 Å². The average Bonchev–Trinajstić information content (AvgIpc) is 0. The summed E-state index contributed by atoms with van der Waals surface area (Å²) in [5.74, 6) is 0. The van der Waals surface area contributed by atoms with E-state index in [1.54, 1.807) is 0 Å². The van der Waals surface area contributed by atoms with Crippen molar-refractivity contribution in [2.75, 3.05) is 0 Å². The van der Waals surface area contributed by atoms with Crippen LogP contribution in [0.3, 0.4) is 0 Å². The molecule has 0 bridgehead atoms. The number of hydrogen-bond donors (Lipinski definition) is 0. The molecule has 0 fully saturated rings. The van der Waals surface area contributed by atoms with Gasteiger partial charge >= 0.3 is 18.9 Å². The quantitative estimate of drug-likeness (QED) is 0.312. The van der Waals surface area contributed by atoms with Crippen LogP contribution in [-0.4, -0.2) is 18.9 Å². The molecule has 0 amide bonds. The van der Waals surface area contributed by atoms with Crippen LogP contribution in [0.25, 0.3) is 0 Å². The maximum atomic E-state index is 0. The van der Waals surface area contributed by atoms with E-state index in [1.807, 2.05) is 0 Å². The molecule has 0 aromatic heterocycles. The Bertz CT molecular complexity index is 7.51. The van der Waals surface area contributed by atoms with Crippen molar-refractivity contribution in [3.8, 4) is 0 Å². The first kappa shape index (κ1) is 1770. The summed E-state index contributed by atoms with van der Waals surface area (Å²) in [5, 5.41) is 0. The molecular weight excluding hydrogens is 94.9 g/mol. The van der Waals surface area contributed by atoms with Crippen LogP contribution in [0.5, 0.6) is 0 Å². The molecule has 0 aromatic rings.